The molecule has 3 aromatic heterocycles. The van der Waals surface area contributed by atoms with Gasteiger partial charge in [-0.1, -0.05) is 0 Å². The van der Waals surface area contributed by atoms with Crippen molar-refractivity contribution < 1.29 is 4.74 Å². The molecular formula is C19H19N7O2. The molecule has 3 aromatic rings. The van der Waals surface area contributed by atoms with Crippen LogP contribution in [0, 0.1) is 11.3 Å². The summed E-state index contributed by atoms with van der Waals surface area (Å²) in [5, 5.41) is 13.6. The zero-order valence-electron chi connectivity index (χ0n) is 15.1. The van der Waals surface area contributed by atoms with Gasteiger partial charge in [-0.15, -0.1) is 0 Å². The summed E-state index contributed by atoms with van der Waals surface area (Å²) in [5.74, 6) is 0.679. The van der Waals surface area contributed by atoms with Crippen LogP contribution < -0.4 is 16.6 Å². The Morgan fingerprint density at radius 2 is 2.07 bits per heavy atom. The van der Waals surface area contributed by atoms with Crippen molar-refractivity contribution in [2.24, 2.45) is 0 Å². The van der Waals surface area contributed by atoms with Crippen molar-refractivity contribution in [2.45, 2.75) is 25.4 Å². The number of fused-ring (bicyclic) bond motifs is 1. The van der Waals surface area contributed by atoms with Crippen molar-refractivity contribution >= 4 is 22.5 Å². The van der Waals surface area contributed by atoms with E-state index in [1.807, 2.05) is 18.2 Å². The summed E-state index contributed by atoms with van der Waals surface area (Å²) in [6.07, 6.45) is 6.49. The molecule has 0 bridgehead atoms. The molecule has 0 radical (unpaired) electrons. The van der Waals surface area contributed by atoms with Gasteiger partial charge in [0, 0.05) is 43.4 Å². The van der Waals surface area contributed by atoms with Crippen molar-refractivity contribution in [3.63, 3.8) is 0 Å². The molecule has 0 aromatic carbocycles. The molecule has 0 aliphatic carbocycles. The standard InChI is InChI=1S/C19H19N7O2/c20-4-6-26-5-1-12-9-15(13-10-22-19(21)23-11-13)25-17(16(12)18(26)27)24-14-2-7-28-8-3-14/h1,5,9-11,14H,2-3,6-8H2,(H,24,25)(H2,21,22,23). The third kappa shape index (κ3) is 3.50. The molecule has 1 saturated heterocycles. The van der Waals surface area contributed by atoms with Crippen LogP contribution in [0.2, 0.25) is 0 Å². The predicted molar refractivity (Wildman–Crippen MR) is 105 cm³/mol. The number of ether oxygens (including phenoxy) is 1. The van der Waals surface area contributed by atoms with Gasteiger partial charge in [0.05, 0.1) is 17.1 Å². The van der Waals surface area contributed by atoms with Crippen molar-refractivity contribution in [3.8, 4) is 17.3 Å². The number of hydrogen-bond acceptors (Lipinski definition) is 8. The zero-order chi connectivity index (χ0) is 19.5. The fraction of sp³-hybridized carbons (Fsp3) is 0.316. The van der Waals surface area contributed by atoms with Crippen LogP contribution in [-0.4, -0.2) is 38.8 Å². The van der Waals surface area contributed by atoms with Crippen LogP contribution in [0.1, 0.15) is 12.8 Å². The minimum absolute atomic E-state index is 0.0148. The highest BCUT2D eigenvalue weighted by Gasteiger charge is 2.18. The molecule has 0 saturated carbocycles. The first-order valence-electron chi connectivity index (χ1n) is 8.99. The van der Waals surface area contributed by atoms with E-state index >= 15 is 0 Å². The van der Waals surface area contributed by atoms with E-state index in [2.05, 4.69) is 20.3 Å². The molecule has 1 aliphatic rings. The summed E-state index contributed by atoms with van der Waals surface area (Å²) < 4.78 is 6.79. The highest BCUT2D eigenvalue weighted by atomic mass is 16.5. The maximum Gasteiger partial charge on any atom is 0.263 e. The fourth-order valence-corrected chi connectivity index (χ4v) is 3.26. The largest absolute Gasteiger partial charge is 0.381 e. The van der Waals surface area contributed by atoms with E-state index in [1.165, 1.54) is 4.57 Å². The number of nitrogens with one attached hydrogen (secondary N) is 1. The second kappa shape index (κ2) is 7.62. The zero-order valence-corrected chi connectivity index (χ0v) is 15.1. The molecule has 0 spiro atoms. The quantitative estimate of drug-likeness (QED) is 0.700. The van der Waals surface area contributed by atoms with Gasteiger partial charge in [0.15, 0.2) is 0 Å². The second-order valence-corrected chi connectivity index (χ2v) is 6.59. The maximum atomic E-state index is 12.9. The van der Waals surface area contributed by atoms with Gasteiger partial charge in [-0.2, -0.15) is 5.26 Å². The number of aromatic nitrogens is 4. The molecule has 0 amide bonds. The van der Waals surface area contributed by atoms with Crippen LogP contribution in [0.15, 0.2) is 35.5 Å². The topological polar surface area (TPSA) is 132 Å². The number of pyridine rings is 2. The third-order valence-corrected chi connectivity index (χ3v) is 4.73. The average Bonchev–Trinajstić information content (AvgIpc) is 2.71. The van der Waals surface area contributed by atoms with E-state index in [-0.39, 0.29) is 24.1 Å². The summed E-state index contributed by atoms with van der Waals surface area (Å²) in [6, 6.07) is 5.80. The van der Waals surface area contributed by atoms with Crippen molar-refractivity contribution in [1.82, 2.24) is 19.5 Å². The second-order valence-electron chi connectivity index (χ2n) is 6.59. The Hall–Kier alpha value is -3.51. The van der Waals surface area contributed by atoms with E-state index in [1.54, 1.807) is 18.6 Å². The molecule has 9 nitrogen and oxygen atoms in total. The molecule has 0 atom stereocenters. The number of rotatable bonds is 4. The predicted octanol–water partition coefficient (Wildman–Crippen LogP) is 1.55. The third-order valence-electron chi connectivity index (χ3n) is 4.73. The molecule has 28 heavy (non-hydrogen) atoms. The minimum atomic E-state index is -0.249. The van der Waals surface area contributed by atoms with Crippen molar-refractivity contribution in [2.75, 3.05) is 24.3 Å². The Morgan fingerprint density at radius 3 is 2.79 bits per heavy atom. The van der Waals surface area contributed by atoms with E-state index in [0.29, 0.717) is 35.7 Å². The van der Waals surface area contributed by atoms with Crippen LogP contribution in [0.5, 0.6) is 0 Å². The Balaban J connectivity index is 1.86. The molecule has 1 fully saturated rings. The highest BCUT2D eigenvalue weighted by Crippen LogP contribution is 2.27. The lowest BCUT2D eigenvalue weighted by molar-refractivity contribution is 0.0904. The van der Waals surface area contributed by atoms with Crippen LogP contribution in [0.25, 0.3) is 22.0 Å². The Kier molecular flexibility index (Phi) is 4.87. The number of hydrogen-bond donors (Lipinski definition) is 2. The molecule has 9 heteroatoms. The normalized spacial score (nSPS) is 14.7. The highest BCUT2D eigenvalue weighted by molar-refractivity contribution is 5.93. The lowest BCUT2D eigenvalue weighted by Gasteiger charge is -2.24. The van der Waals surface area contributed by atoms with Crippen LogP contribution in [-0.2, 0) is 11.3 Å². The van der Waals surface area contributed by atoms with Gasteiger partial charge in [0.2, 0.25) is 5.95 Å². The number of nitrogens with two attached hydrogens (primary N) is 1. The minimum Gasteiger partial charge on any atom is -0.381 e. The Morgan fingerprint density at radius 1 is 1.32 bits per heavy atom. The summed E-state index contributed by atoms with van der Waals surface area (Å²) in [5.41, 5.74) is 6.67. The van der Waals surface area contributed by atoms with Crippen LogP contribution in [0.4, 0.5) is 11.8 Å². The Labute approximate surface area is 160 Å². The van der Waals surface area contributed by atoms with Crippen LogP contribution in [0.3, 0.4) is 0 Å². The molecule has 0 unspecified atom stereocenters. The molecule has 3 N–H and O–H groups in total. The smallest absolute Gasteiger partial charge is 0.263 e. The summed E-state index contributed by atoms with van der Waals surface area (Å²) in [6.45, 7) is 1.32. The van der Waals surface area contributed by atoms with Crippen LogP contribution >= 0.6 is 0 Å². The van der Waals surface area contributed by atoms with E-state index in [0.717, 1.165) is 18.2 Å². The lowest BCUT2D eigenvalue weighted by Crippen LogP contribution is -2.29. The van der Waals surface area contributed by atoms with E-state index < -0.39 is 0 Å². The van der Waals surface area contributed by atoms with E-state index in [4.69, 9.17) is 15.7 Å². The van der Waals surface area contributed by atoms with Gasteiger partial charge in [0.1, 0.15) is 12.4 Å². The fourth-order valence-electron chi connectivity index (χ4n) is 3.26. The van der Waals surface area contributed by atoms with E-state index in [9.17, 15) is 4.79 Å². The van der Waals surface area contributed by atoms with Gasteiger partial charge < -0.3 is 20.4 Å². The molecular weight excluding hydrogens is 358 g/mol. The number of nitriles is 1. The first kappa shape index (κ1) is 17.9. The first-order valence-corrected chi connectivity index (χ1v) is 8.99. The molecule has 1 aliphatic heterocycles. The van der Waals surface area contributed by atoms with Gasteiger partial charge >= 0.3 is 0 Å². The van der Waals surface area contributed by atoms with Gasteiger partial charge in [0.25, 0.3) is 5.56 Å². The maximum absolute atomic E-state index is 12.9. The molecule has 142 valence electrons. The van der Waals surface area contributed by atoms with Crippen molar-refractivity contribution in [3.05, 3.63) is 41.1 Å². The molecule has 4 rings (SSSR count). The first-order chi connectivity index (χ1) is 13.7. The van der Waals surface area contributed by atoms with Gasteiger partial charge in [-0.05, 0) is 30.4 Å². The summed E-state index contributed by atoms with van der Waals surface area (Å²) >= 11 is 0. The monoisotopic (exact) mass is 377 g/mol. The average molecular weight is 377 g/mol. The lowest BCUT2D eigenvalue weighted by atomic mass is 10.1. The Bertz CT molecular complexity index is 1100. The van der Waals surface area contributed by atoms with Gasteiger partial charge in [-0.25, -0.2) is 15.0 Å². The SMILES string of the molecule is N#CCn1ccc2cc(-c3cnc(N)nc3)nc(NC3CCOCC3)c2c1=O. The van der Waals surface area contributed by atoms with Gasteiger partial charge in [-0.3, -0.25) is 4.79 Å². The number of nitrogen functional groups attached to an aromatic ring is 1. The summed E-state index contributed by atoms with van der Waals surface area (Å²) in [4.78, 5) is 25.7. The number of nitrogens with zero attached hydrogens (tertiary/aromatic N) is 5. The number of anilines is 2. The molecule has 4 heterocycles. The summed E-state index contributed by atoms with van der Waals surface area (Å²) in [7, 11) is 0. The van der Waals surface area contributed by atoms with Crippen molar-refractivity contribution in [1.29, 1.82) is 5.26 Å².